The molecule has 0 atom stereocenters. The van der Waals surface area contributed by atoms with Gasteiger partial charge in [-0.2, -0.15) is 0 Å². The van der Waals surface area contributed by atoms with Crippen LogP contribution in [0.15, 0.2) is 71.3 Å². The van der Waals surface area contributed by atoms with Gasteiger partial charge >= 0.3 is 0 Å². The summed E-state index contributed by atoms with van der Waals surface area (Å²) >= 11 is 0. The number of methoxy groups -OCH3 is 1. The number of fused-ring (bicyclic) bond motifs is 1. The van der Waals surface area contributed by atoms with Gasteiger partial charge < -0.3 is 24.1 Å². The predicted molar refractivity (Wildman–Crippen MR) is 134 cm³/mol. The Morgan fingerprint density at radius 3 is 2.61 bits per heavy atom. The van der Waals surface area contributed by atoms with E-state index in [9.17, 15) is 14.3 Å². The van der Waals surface area contributed by atoms with Crippen LogP contribution in [0.4, 0.5) is 10.2 Å². The Kier molecular flexibility index (Phi) is 6.86. The van der Waals surface area contributed by atoms with E-state index in [1.54, 1.807) is 30.2 Å². The molecular formula is C28H28FN3O4. The van der Waals surface area contributed by atoms with Gasteiger partial charge in [-0.15, -0.1) is 0 Å². The van der Waals surface area contributed by atoms with Crippen molar-refractivity contribution in [1.82, 2.24) is 9.88 Å². The van der Waals surface area contributed by atoms with Crippen LogP contribution in [0.5, 0.6) is 5.75 Å². The quantitative estimate of drug-likeness (QED) is 0.403. The van der Waals surface area contributed by atoms with E-state index in [2.05, 4.69) is 4.90 Å². The molecule has 7 nitrogen and oxygen atoms in total. The van der Waals surface area contributed by atoms with E-state index in [0.29, 0.717) is 43.8 Å². The van der Waals surface area contributed by atoms with E-state index in [0.717, 1.165) is 22.3 Å². The zero-order chi connectivity index (χ0) is 25.1. The largest absolute Gasteiger partial charge is 0.497 e. The highest BCUT2D eigenvalue weighted by Gasteiger charge is 2.25. The zero-order valence-electron chi connectivity index (χ0n) is 20.1. The molecule has 2 aromatic carbocycles. The molecule has 0 bridgehead atoms. The van der Waals surface area contributed by atoms with Crippen molar-refractivity contribution in [3.05, 3.63) is 89.6 Å². The molecule has 1 aliphatic heterocycles. The van der Waals surface area contributed by atoms with Gasteiger partial charge in [0.2, 0.25) is 0 Å². The van der Waals surface area contributed by atoms with Gasteiger partial charge in [-0.3, -0.25) is 4.79 Å². The highest BCUT2D eigenvalue weighted by atomic mass is 19.1. The van der Waals surface area contributed by atoms with E-state index in [1.165, 1.54) is 18.4 Å². The summed E-state index contributed by atoms with van der Waals surface area (Å²) in [7, 11) is 1.61. The molecule has 8 heteroatoms. The number of carbonyl (C=O) groups excluding carboxylic acids is 1. The van der Waals surface area contributed by atoms with Crippen LogP contribution in [-0.4, -0.2) is 47.2 Å². The van der Waals surface area contributed by atoms with Crippen molar-refractivity contribution in [3.8, 4) is 5.75 Å². The first-order valence-corrected chi connectivity index (χ1v) is 12.0. The molecule has 5 rings (SSSR count). The van der Waals surface area contributed by atoms with Crippen molar-refractivity contribution in [2.75, 3.05) is 25.1 Å². The Labute approximate surface area is 208 Å². The second-order valence-electron chi connectivity index (χ2n) is 9.01. The lowest BCUT2D eigenvalue weighted by atomic mass is 10.1. The van der Waals surface area contributed by atoms with Gasteiger partial charge in [-0.25, -0.2) is 9.37 Å². The second-order valence-corrected chi connectivity index (χ2v) is 9.01. The second kappa shape index (κ2) is 10.4. The zero-order valence-corrected chi connectivity index (χ0v) is 20.1. The summed E-state index contributed by atoms with van der Waals surface area (Å²) in [4.78, 5) is 22.1. The molecule has 1 saturated heterocycles. The van der Waals surface area contributed by atoms with E-state index < -0.39 is 0 Å². The number of piperidine rings is 1. The highest BCUT2D eigenvalue weighted by molar-refractivity contribution is 5.91. The first-order valence-electron chi connectivity index (χ1n) is 12.0. The number of benzene rings is 2. The summed E-state index contributed by atoms with van der Waals surface area (Å²) in [6.07, 6.45) is 2.40. The van der Waals surface area contributed by atoms with Crippen molar-refractivity contribution in [2.24, 2.45) is 0 Å². The smallest absolute Gasteiger partial charge is 0.290 e. The number of halogens is 1. The molecule has 0 saturated carbocycles. The minimum Gasteiger partial charge on any atom is -0.497 e. The standard InChI is InChI=1S/C28H28FN3O4/c1-35-24-8-4-19(5-9-24)17-32(28(34)26-3-2-14-36-26)18-21-15-20-6-7-22(29)16-25(20)30-27(21)31-12-10-23(33)11-13-31/h2-9,14-16,23,33H,10-13,17-18H2,1H3. The fraction of sp³-hybridized carbons (Fsp3) is 0.286. The molecular weight excluding hydrogens is 461 g/mol. The van der Waals surface area contributed by atoms with Crippen LogP contribution >= 0.6 is 0 Å². The average molecular weight is 490 g/mol. The number of amides is 1. The van der Waals surface area contributed by atoms with E-state index in [1.807, 2.05) is 30.3 Å². The Hall–Kier alpha value is -3.91. The number of pyridine rings is 1. The first kappa shape index (κ1) is 23.8. The number of hydrogen-bond acceptors (Lipinski definition) is 6. The Balaban J connectivity index is 1.53. The lowest BCUT2D eigenvalue weighted by Gasteiger charge is -2.33. The van der Waals surface area contributed by atoms with Gasteiger partial charge in [0.05, 0.1) is 31.5 Å². The predicted octanol–water partition coefficient (Wildman–Crippen LogP) is 4.78. The number of rotatable bonds is 7. The maximum atomic E-state index is 14.0. The maximum absolute atomic E-state index is 14.0. The number of nitrogens with zero attached hydrogens (tertiary/aromatic N) is 3. The van der Waals surface area contributed by atoms with Crippen LogP contribution < -0.4 is 9.64 Å². The number of furan rings is 1. The Bertz CT molecular complexity index is 1330. The minimum absolute atomic E-state index is 0.241. The maximum Gasteiger partial charge on any atom is 0.290 e. The summed E-state index contributed by atoms with van der Waals surface area (Å²) in [5, 5.41) is 10.8. The summed E-state index contributed by atoms with van der Waals surface area (Å²) in [5.41, 5.74) is 2.34. The lowest BCUT2D eigenvalue weighted by Crippen LogP contribution is -2.38. The van der Waals surface area contributed by atoms with Crippen LogP contribution in [0.1, 0.15) is 34.5 Å². The van der Waals surface area contributed by atoms with Crippen LogP contribution in [-0.2, 0) is 13.1 Å². The Morgan fingerprint density at radius 2 is 1.92 bits per heavy atom. The normalized spacial score (nSPS) is 14.2. The van der Waals surface area contributed by atoms with E-state index in [4.69, 9.17) is 14.1 Å². The molecule has 2 aromatic heterocycles. The molecule has 36 heavy (non-hydrogen) atoms. The van der Waals surface area contributed by atoms with Crippen molar-refractivity contribution in [2.45, 2.75) is 32.0 Å². The van der Waals surface area contributed by atoms with Gasteiger partial charge in [0.25, 0.3) is 5.91 Å². The fourth-order valence-electron chi connectivity index (χ4n) is 4.55. The number of aromatic nitrogens is 1. The van der Waals surface area contributed by atoms with Crippen LogP contribution in [0.2, 0.25) is 0 Å². The Morgan fingerprint density at radius 1 is 1.14 bits per heavy atom. The number of ether oxygens (including phenoxy) is 1. The molecule has 0 radical (unpaired) electrons. The topological polar surface area (TPSA) is 79.0 Å². The van der Waals surface area contributed by atoms with Gasteiger partial charge in [0.15, 0.2) is 5.76 Å². The van der Waals surface area contributed by atoms with Gasteiger partial charge in [-0.1, -0.05) is 12.1 Å². The van der Waals surface area contributed by atoms with Crippen LogP contribution in [0, 0.1) is 5.82 Å². The summed E-state index contributed by atoms with van der Waals surface area (Å²) in [6.45, 7) is 1.89. The van der Waals surface area contributed by atoms with E-state index >= 15 is 0 Å². The third-order valence-electron chi connectivity index (χ3n) is 6.51. The van der Waals surface area contributed by atoms with E-state index in [-0.39, 0.29) is 30.1 Å². The number of aliphatic hydroxyl groups is 1. The number of carbonyl (C=O) groups is 1. The van der Waals surface area contributed by atoms with Crippen molar-refractivity contribution in [1.29, 1.82) is 0 Å². The van der Waals surface area contributed by atoms with Crippen LogP contribution in [0.3, 0.4) is 0 Å². The molecule has 186 valence electrons. The summed E-state index contributed by atoms with van der Waals surface area (Å²) < 4.78 is 24.7. The number of hydrogen-bond donors (Lipinski definition) is 1. The van der Waals surface area contributed by atoms with Crippen molar-refractivity contribution in [3.63, 3.8) is 0 Å². The lowest BCUT2D eigenvalue weighted by molar-refractivity contribution is 0.0697. The molecule has 0 spiro atoms. The number of aliphatic hydroxyl groups excluding tert-OH is 1. The fourth-order valence-corrected chi connectivity index (χ4v) is 4.55. The highest BCUT2D eigenvalue weighted by Crippen LogP contribution is 2.29. The molecule has 4 aromatic rings. The molecule has 1 N–H and O–H groups in total. The van der Waals surface area contributed by atoms with Crippen molar-refractivity contribution < 1.29 is 23.4 Å². The molecule has 0 unspecified atom stereocenters. The third kappa shape index (κ3) is 5.18. The third-order valence-corrected chi connectivity index (χ3v) is 6.51. The molecule has 1 aliphatic rings. The summed E-state index contributed by atoms with van der Waals surface area (Å²) in [6, 6.07) is 17.4. The van der Waals surface area contributed by atoms with Gasteiger partial charge in [0.1, 0.15) is 17.4 Å². The minimum atomic E-state index is -0.350. The van der Waals surface area contributed by atoms with Crippen LogP contribution in [0.25, 0.3) is 10.9 Å². The average Bonchev–Trinajstić information content (AvgIpc) is 3.44. The van der Waals surface area contributed by atoms with Gasteiger partial charge in [-0.05, 0) is 60.9 Å². The number of anilines is 1. The SMILES string of the molecule is COc1ccc(CN(Cc2cc3ccc(F)cc3nc2N2CCC(O)CC2)C(=O)c2ccco2)cc1. The summed E-state index contributed by atoms with van der Waals surface area (Å²) in [5.74, 6) is 1.10. The monoisotopic (exact) mass is 489 g/mol. The first-order chi connectivity index (χ1) is 17.5. The molecule has 1 amide bonds. The van der Waals surface area contributed by atoms with Gasteiger partial charge in [0, 0.05) is 36.7 Å². The molecule has 1 fully saturated rings. The van der Waals surface area contributed by atoms with Crippen molar-refractivity contribution >= 4 is 22.6 Å². The molecule has 0 aliphatic carbocycles. The molecule has 3 heterocycles.